The summed E-state index contributed by atoms with van der Waals surface area (Å²) in [5.74, 6) is 0. The van der Waals surface area contributed by atoms with E-state index in [1.807, 2.05) is 0 Å². The summed E-state index contributed by atoms with van der Waals surface area (Å²) in [6.45, 7) is 7.60. The average molecular weight is 165 g/mol. The van der Waals surface area contributed by atoms with Crippen LogP contribution in [0.1, 0.15) is 0 Å². The van der Waals surface area contributed by atoms with Gasteiger partial charge in [0.05, 0.1) is 0 Å². The molecule has 44 valence electrons. The van der Waals surface area contributed by atoms with E-state index in [9.17, 15) is 0 Å². The van der Waals surface area contributed by atoms with Crippen LogP contribution >= 0.6 is 0 Å². The van der Waals surface area contributed by atoms with Gasteiger partial charge < -0.3 is 0 Å². The minimum Gasteiger partial charge on any atom is -0.0722 e. The first-order chi connectivity index (χ1) is 3.06. The van der Waals surface area contributed by atoms with Gasteiger partial charge in [-0.2, -0.15) is 0 Å². The molecular formula is C3H16Si4. The molecule has 0 saturated carbocycles. The normalized spacial score (nSPS) is 15.9. The standard InChI is InChI=1S/C3H16Si4/c1-7(2,3)6-5-4/h5-6H2,1-4H3. The highest BCUT2D eigenvalue weighted by atomic mass is 29.7. The highest BCUT2D eigenvalue weighted by molar-refractivity contribution is 7.50. The van der Waals surface area contributed by atoms with Crippen LogP contribution in [0.2, 0.25) is 19.6 Å². The van der Waals surface area contributed by atoms with Crippen LogP contribution in [0.3, 0.4) is 0 Å². The molecule has 0 heterocycles. The van der Waals surface area contributed by atoms with Gasteiger partial charge in [0.15, 0.2) is 0 Å². The summed E-state index contributed by atoms with van der Waals surface area (Å²) in [7, 11) is 2.43. The Balaban J connectivity index is 3.15. The minimum absolute atomic E-state index is 0.422. The number of rotatable bonds is 2. The smallest absolute Gasteiger partial charge is 0.0276 e. The highest BCUT2D eigenvalue weighted by Crippen LogP contribution is 1.93. The summed E-state index contributed by atoms with van der Waals surface area (Å²) in [6, 6.07) is 0. The van der Waals surface area contributed by atoms with Gasteiger partial charge in [-0.15, -0.1) is 0 Å². The van der Waals surface area contributed by atoms with Gasteiger partial charge in [-0.05, 0) is 18.3 Å². The van der Waals surface area contributed by atoms with Crippen LogP contribution in [0.15, 0.2) is 0 Å². The van der Waals surface area contributed by atoms with Crippen molar-refractivity contribution >= 4 is 34.5 Å². The summed E-state index contributed by atoms with van der Waals surface area (Å²) < 4.78 is 0. The summed E-state index contributed by atoms with van der Waals surface area (Å²) in [6.07, 6.45) is 0. The topological polar surface area (TPSA) is 0 Å². The van der Waals surface area contributed by atoms with E-state index in [1.54, 1.807) is 9.76 Å². The van der Waals surface area contributed by atoms with Crippen LogP contribution in [0.4, 0.5) is 0 Å². The van der Waals surface area contributed by atoms with Crippen molar-refractivity contribution in [2.75, 3.05) is 0 Å². The minimum atomic E-state index is -0.422. The lowest BCUT2D eigenvalue weighted by Crippen LogP contribution is -2.34. The SMILES string of the molecule is C[Si](C)(C)[SiH2][SiH2][SiH3]. The van der Waals surface area contributed by atoms with Gasteiger partial charge in [-0.25, -0.2) is 0 Å². The predicted molar refractivity (Wildman–Crippen MR) is 50.4 cm³/mol. The van der Waals surface area contributed by atoms with Crippen molar-refractivity contribution in [2.24, 2.45) is 0 Å². The number of hydrogen-bond acceptors (Lipinski definition) is 0. The molecule has 0 bridgehead atoms. The Labute approximate surface area is 54.5 Å². The highest BCUT2D eigenvalue weighted by Gasteiger charge is 2.09. The molecule has 7 heavy (non-hydrogen) atoms. The molecule has 0 amide bonds. The Morgan fingerprint density at radius 1 is 1.29 bits per heavy atom. The van der Waals surface area contributed by atoms with Crippen molar-refractivity contribution in [1.29, 1.82) is 0 Å². The Kier molecular flexibility index (Phi) is 3.38. The van der Waals surface area contributed by atoms with E-state index in [-0.39, 0.29) is 0 Å². The Morgan fingerprint density at radius 2 is 1.71 bits per heavy atom. The van der Waals surface area contributed by atoms with Gasteiger partial charge >= 0.3 is 0 Å². The van der Waals surface area contributed by atoms with E-state index < -0.39 is 7.59 Å². The Hall–Kier alpha value is 0.868. The molecule has 0 fully saturated rings. The van der Waals surface area contributed by atoms with Crippen molar-refractivity contribution in [3.8, 4) is 0 Å². The lowest BCUT2D eigenvalue weighted by Gasteiger charge is -2.11. The average Bonchev–Trinajstić information content (AvgIpc) is 1.30. The molecular weight excluding hydrogens is 148 g/mol. The summed E-state index contributed by atoms with van der Waals surface area (Å²) in [4.78, 5) is 0. The van der Waals surface area contributed by atoms with Crippen LogP contribution in [0.5, 0.6) is 0 Å². The second kappa shape index (κ2) is 3.01. The molecule has 0 saturated heterocycles. The second-order valence-corrected chi connectivity index (χ2v) is 34.3. The monoisotopic (exact) mass is 164 g/mol. The maximum Gasteiger partial charge on any atom is 0.0276 e. The maximum atomic E-state index is 2.53. The zero-order valence-corrected chi connectivity index (χ0v) is 11.7. The van der Waals surface area contributed by atoms with E-state index in [0.717, 1.165) is 0 Å². The van der Waals surface area contributed by atoms with Crippen LogP contribution in [-0.4, -0.2) is 34.5 Å². The summed E-state index contributed by atoms with van der Waals surface area (Å²) in [5, 5.41) is 0. The van der Waals surface area contributed by atoms with Crippen molar-refractivity contribution in [3.05, 3.63) is 0 Å². The second-order valence-electron chi connectivity index (χ2n) is 3.31. The Bertz CT molecular complexity index is 45.4. The largest absolute Gasteiger partial charge is 0.0722 e. The van der Waals surface area contributed by atoms with Crippen LogP contribution in [-0.2, 0) is 0 Å². The van der Waals surface area contributed by atoms with Crippen molar-refractivity contribution < 1.29 is 0 Å². The van der Waals surface area contributed by atoms with E-state index in [2.05, 4.69) is 19.6 Å². The van der Waals surface area contributed by atoms with E-state index in [1.165, 1.54) is 0 Å². The van der Waals surface area contributed by atoms with Crippen molar-refractivity contribution in [1.82, 2.24) is 0 Å². The molecule has 0 rings (SSSR count). The van der Waals surface area contributed by atoms with Crippen molar-refractivity contribution in [3.63, 3.8) is 0 Å². The summed E-state index contributed by atoms with van der Waals surface area (Å²) in [5.41, 5.74) is 0. The molecule has 0 unspecified atom stereocenters. The molecule has 0 radical (unpaired) electrons. The maximum absolute atomic E-state index is 2.53. The summed E-state index contributed by atoms with van der Waals surface area (Å²) >= 11 is 0. The lowest BCUT2D eigenvalue weighted by atomic mass is 11.8. The third-order valence-corrected chi connectivity index (χ3v) is 40.5. The van der Waals surface area contributed by atoms with Crippen LogP contribution < -0.4 is 0 Å². The van der Waals surface area contributed by atoms with Gasteiger partial charge in [0.25, 0.3) is 0 Å². The molecule has 0 aromatic rings. The van der Waals surface area contributed by atoms with Gasteiger partial charge in [-0.1, -0.05) is 19.6 Å². The first kappa shape index (κ1) is 7.87. The van der Waals surface area contributed by atoms with E-state index >= 15 is 0 Å². The fourth-order valence-corrected chi connectivity index (χ4v) is 60.7. The van der Waals surface area contributed by atoms with Gasteiger partial charge in [0.1, 0.15) is 0 Å². The van der Waals surface area contributed by atoms with Crippen LogP contribution in [0.25, 0.3) is 0 Å². The third kappa shape index (κ3) is 6.87. The first-order valence-corrected chi connectivity index (χ1v) is 18.5. The Morgan fingerprint density at radius 3 is 1.71 bits per heavy atom. The molecule has 0 aliphatic rings. The quantitative estimate of drug-likeness (QED) is 0.430. The zero-order valence-electron chi connectivity index (χ0n) is 5.91. The van der Waals surface area contributed by atoms with Gasteiger partial charge in [-0.3, -0.25) is 0 Å². The third-order valence-electron chi connectivity index (χ3n) is 1.000. The molecule has 0 N–H and O–H groups in total. The van der Waals surface area contributed by atoms with Gasteiger partial charge in [0, 0.05) is 16.1 Å². The fraction of sp³-hybridized carbons (Fsp3) is 1.00. The van der Waals surface area contributed by atoms with E-state index in [4.69, 9.17) is 0 Å². The van der Waals surface area contributed by atoms with Gasteiger partial charge in [0.2, 0.25) is 0 Å². The molecule has 4 heteroatoms. The first-order valence-electron chi connectivity index (χ1n) is 3.06. The molecule has 0 aliphatic heterocycles. The van der Waals surface area contributed by atoms with Crippen molar-refractivity contribution in [2.45, 2.75) is 19.6 Å². The van der Waals surface area contributed by atoms with E-state index in [0.29, 0.717) is 17.1 Å². The lowest BCUT2D eigenvalue weighted by molar-refractivity contribution is 1.86. The molecule has 0 aromatic carbocycles. The number of hydrogen-bond donors (Lipinski definition) is 0. The van der Waals surface area contributed by atoms with Crippen LogP contribution in [0, 0.1) is 0 Å². The predicted octanol–water partition coefficient (Wildman–Crippen LogP) is -1.65. The molecule has 0 nitrogen and oxygen atoms in total. The molecule has 0 aliphatic carbocycles. The molecule has 0 spiro atoms. The fourth-order valence-electron chi connectivity index (χ4n) is 0.750. The zero-order chi connectivity index (χ0) is 5.91. The molecule has 0 aromatic heterocycles. The molecule has 0 atom stereocenters.